The lowest BCUT2D eigenvalue weighted by atomic mass is 10.2. The molecule has 0 aliphatic heterocycles. The largest absolute Gasteiger partial charge is 0.497 e. The Morgan fingerprint density at radius 1 is 1.19 bits per heavy atom. The third kappa shape index (κ3) is 4.43. The fourth-order valence-electron chi connectivity index (χ4n) is 2.69. The normalized spacial score (nSPS) is 11.1. The number of hydrogen-bond donors (Lipinski definition) is 0. The van der Waals surface area contributed by atoms with Crippen molar-refractivity contribution in [3.8, 4) is 5.75 Å². The number of thiazole rings is 1. The molecule has 2 aromatic carbocycles. The number of carbonyl (C=O) groups excluding carboxylic acids is 1. The van der Waals surface area contributed by atoms with E-state index in [0.29, 0.717) is 17.2 Å². The molecule has 3 aromatic rings. The van der Waals surface area contributed by atoms with E-state index in [4.69, 9.17) is 9.72 Å². The number of ether oxygens (including phenoxy) is 1. The lowest BCUT2D eigenvalue weighted by Gasteiger charge is -2.22. The number of carbonyl (C=O) groups is 1. The molecule has 0 unspecified atom stereocenters. The smallest absolute Gasteiger partial charge is 0.261 e. The van der Waals surface area contributed by atoms with Gasteiger partial charge in [-0.25, -0.2) is 4.98 Å². The quantitative estimate of drug-likeness (QED) is 0.554. The van der Waals surface area contributed by atoms with Crippen LogP contribution in [0.25, 0.3) is 10.2 Å². The zero-order valence-corrected chi connectivity index (χ0v) is 17.6. The van der Waals surface area contributed by atoms with E-state index in [2.05, 4.69) is 4.90 Å². The molecule has 7 heteroatoms. The number of aromatic nitrogens is 1. The number of hydrogen-bond acceptors (Lipinski definition) is 6. The Hall–Kier alpha value is -2.09. The van der Waals surface area contributed by atoms with Gasteiger partial charge in [0, 0.05) is 18.0 Å². The van der Waals surface area contributed by atoms with Crippen molar-refractivity contribution in [1.82, 2.24) is 9.88 Å². The number of anilines is 1. The molecule has 0 saturated heterocycles. The summed E-state index contributed by atoms with van der Waals surface area (Å²) in [6, 6.07) is 13.5. The molecule has 0 bridgehead atoms. The SMILES string of the molecule is COc1ccc2nc(N(CCN(C)C)C(=O)c3ccccc3SC)sc2c1. The molecule has 27 heavy (non-hydrogen) atoms. The highest BCUT2D eigenvalue weighted by Gasteiger charge is 2.23. The van der Waals surface area contributed by atoms with Gasteiger partial charge in [0.1, 0.15) is 5.75 Å². The van der Waals surface area contributed by atoms with E-state index in [-0.39, 0.29) is 5.91 Å². The lowest BCUT2D eigenvalue weighted by molar-refractivity contribution is 0.0982. The minimum Gasteiger partial charge on any atom is -0.497 e. The number of nitrogens with zero attached hydrogens (tertiary/aromatic N) is 3. The highest BCUT2D eigenvalue weighted by molar-refractivity contribution is 7.98. The molecule has 0 saturated carbocycles. The van der Waals surface area contributed by atoms with Crippen LogP contribution in [0.3, 0.4) is 0 Å². The first kappa shape index (κ1) is 19.7. The van der Waals surface area contributed by atoms with Crippen molar-refractivity contribution in [2.24, 2.45) is 0 Å². The zero-order chi connectivity index (χ0) is 19.4. The molecule has 0 atom stereocenters. The summed E-state index contributed by atoms with van der Waals surface area (Å²) in [7, 11) is 5.65. The predicted molar refractivity (Wildman–Crippen MR) is 115 cm³/mol. The average Bonchev–Trinajstić information content (AvgIpc) is 3.10. The van der Waals surface area contributed by atoms with E-state index < -0.39 is 0 Å². The topological polar surface area (TPSA) is 45.7 Å². The highest BCUT2D eigenvalue weighted by atomic mass is 32.2. The minimum atomic E-state index is -0.0205. The molecular formula is C20H23N3O2S2. The Bertz CT molecular complexity index is 940. The van der Waals surface area contributed by atoms with Crippen LogP contribution < -0.4 is 9.64 Å². The Kier molecular flexibility index (Phi) is 6.36. The van der Waals surface area contributed by atoms with Crippen molar-refractivity contribution < 1.29 is 9.53 Å². The van der Waals surface area contributed by atoms with E-state index in [1.54, 1.807) is 23.8 Å². The summed E-state index contributed by atoms with van der Waals surface area (Å²) < 4.78 is 6.31. The summed E-state index contributed by atoms with van der Waals surface area (Å²) in [6.07, 6.45) is 1.99. The molecule has 1 amide bonds. The highest BCUT2D eigenvalue weighted by Crippen LogP contribution is 2.33. The molecule has 0 radical (unpaired) electrons. The fourth-order valence-corrected chi connectivity index (χ4v) is 4.29. The van der Waals surface area contributed by atoms with Crippen molar-refractivity contribution in [2.75, 3.05) is 45.5 Å². The van der Waals surface area contributed by atoms with E-state index in [1.165, 1.54) is 11.3 Å². The van der Waals surface area contributed by atoms with Crippen LogP contribution >= 0.6 is 23.1 Å². The maximum absolute atomic E-state index is 13.4. The summed E-state index contributed by atoms with van der Waals surface area (Å²) in [4.78, 5) is 22.9. The summed E-state index contributed by atoms with van der Waals surface area (Å²) in [5.74, 6) is 0.768. The van der Waals surface area contributed by atoms with Crippen LogP contribution in [0, 0.1) is 0 Å². The van der Waals surface area contributed by atoms with Crippen molar-refractivity contribution in [2.45, 2.75) is 4.90 Å². The van der Waals surface area contributed by atoms with Gasteiger partial charge in [-0.15, -0.1) is 11.8 Å². The van der Waals surface area contributed by atoms with Gasteiger partial charge in [0.15, 0.2) is 5.13 Å². The van der Waals surface area contributed by atoms with Gasteiger partial charge in [-0.2, -0.15) is 0 Å². The lowest BCUT2D eigenvalue weighted by Crippen LogP contribution is -2.37. The summed E-state index contributed by atoms with van der Waals surface area (Å²) in [5, 5.41) is 0.709. The van der Waals surface area contributed by atoms with Gasteiger partial charge in [-0.05, 0) is 50.7 Å². The number of amides is 1. The number of methoxy groups -OCH3 is 1. The molecule has 1 aromatic heterocycles. The van der Waals surface area contributed by atoms with Crippen LogP contribution in [0.5, 0.6) is 5.75 Å². The molecule has 0 aliphatic rings. The fraction of sp³-hybridized carbons (Fsp3) is 0.300. The summed E-state index contributed by atoms with van der Waals surface area (Å²) >= 11 is 3.09. The third-order valence-corrected chi connectivity index (χ3v) is 6.01. The van der Waals surface area contributed by atoms with Gasteiger partial charge in [-0.1, -0.05) is 23.5 Å². The van der Waals surface area contributed by atoms with E-state index in [1.807, 2.05) is 62.8 Å². The van der Waals surface area contributed by atoms with Gasteiger partial charge >= 0.3 is 0 Å². The van der Waals surface area contributed by atoms with Crippen LogP contribution in [-0.4, -0.2) is 56.3 Å². The number of thioether (sulfide) groups is 1. The van der Waals surface area contributed by atoms with E-state index in [9.17, 15) is 4.79 Å². The van der Waals surface area contributed by atoms with E-state index in [0.717, 1.165) is 27.4 Å². The number of benzene rings is 2. The number of fused-ring (bicyclic) bond motifs is 1. The molecule has 142 valence electrons. The first-order valence-electron chi connectivity index (χ1n) is 8.57. The standard InChI is InChI=1S/C20H23N3O2S2/c1-22(2)11-12-23(19(24)15-7-5-6-8-17(15)26-4)20-21-16-10-9-14(25-3)13-18(16)27-20/h5-10,13H,11-12H2,1-4H3. The van der Waals surface area contributed by atoms with Gasteiger partial charge in [0.05, 0.1) is 22.9 Å². The Morgan fingerprint density at radius 3 is 2.67 bits per heavy atom. The maximum Gasteiger partial charge on any atom is 0.261 e. The number of rotatable bonds is 7. The van der Waals surface area contributed by atoms with Gasteiger partial charge < -0.3 is 9.64 Å². The second kappa shape index (κ2) is 8.73. The molecule has 0 aliphatic carbocycles. The van der Waals surface area contributed by atoms with E-state index >= 15 is 0 Å². The van der Waals surface area contributed by atoms with Crippen LogP contribution in [0.2, 0.25) is 0 Å². The van der Waals surface area contributed by atoms with Crippen molar-refractivity contribution >= 4 is 44.4 Å². The van der Waals surface area contributed by atoms with Crippen LogP contribution in [0.15, 0.2) is 47.4 Å². The second-order valence-electron chi connectivity index (χ2n) is 6.29. The van der Waals surface area contributed by atoms with Crippen molar-refractivity contribution in [3.63, 3.8) is 0 Å². The first-order chi connectivity index (χ1) is 13.0. The molecule has 1 heterocycles. The molecule has 5 nitrogen and oxygen atoms in total. The summed E-state index contributed by atoms with van der Waals surface area (Å²) in [6.45, 7) is 1.33. The van der Waals surface area contributed by atoms with Crippen LogP contribution in [-0.2, 0) is 0 Å². The molecular weight excluding hydrogens is 378 g/mol. The van der Waals surface area contributed by atoms with Crippen molar-refractivity contribution in [3.05, 3.63) is 48.0 Å². The second-order valence-corrected chi connectivity index (χ2v) is 8.15. The van der Waals surface area contributed by atoms with Crippen molar-refractivity contribution in [1.29, 1.82) is 0 Å². The summed E-state index contributed by atoms with van der Waals surface area (Å²) in [5.41, 5.74) is 1.58. The number of likely N-dealkylation sites (N-methyl/N-ethyl adjacent to an activating group) is 1. The molecule has 0 spiro atoms. The van der Waals surface area contributed by atoms with Gasteiger partial charge in [0.25, 0.3) is 5.91 Å². The average molecular weight is 402 g/mol. The van der Waals surface area contributed by atoms with Crippen LogP contribution in [0.4, 0.5) is 5.13 Å². The Labute approximate surface area is 168 Å². The Balaban J connectivity index is 2.01. The van der Waals surface area contributed by atoms with Gasteiger partial charge in [0.2, 0.25) is 0 Å². The maximum atomic E-state index is 13.4. The van der Waals surface area contributed by atoms with Gasteiger partial charge in [-0.3, -0.25) is 9.69 Å². The monoisotopic (exact) mass is 401 g/mol. The third-order valence-electron chi connectivity index (χ3n) is 4.17. The zero-order valence-electron chi connectivity index (χ0n) is 15.9. The molecule has 0 N–H and O–H groups in total. The minimum absolute atomic E-state index is 0.0205. The molecule has 3 rings (SSSR count). The Morgan fingerprint density at radius 2 is 1.96 bits per heavy atom. The van der Waals surface area contributed by atoms with Crippen LogP contribution in [0.1, 0.15) is 10.4 Å². The molecule has 0 fully saturated rings. The first-order valence-corrected chi connectivity index (χ1v) is 10.6. The predicted octanol–water partition coefficient (Wildman–Crippen LogP) is 4.24.